The molecular weight excluding hydrogens is 502 g/mol. The van der Waals surface area contributed by atoms with Crippen LogP contribution in [0, 0.1) is 30.2 Å². The molecule has 0 saturated heterocycles. The highest BCUT2D eigenvalue weighted by atomic mass is 32.2. The van der Waals surface area contributed by atoms with Crippen LogP contribution in [0.4, 0.5) is 17.6 Å². The van der Waals surface area contributed by atoms with Crippen LogP contribution in [-0.2, 0) is 0 Å². The number of aromatic hydroxyl groups is 1. The summed E-state index contributed by atoms with van der Waals surface area (Å²) in [5.41, 5.74) is -0.258. The van der Waals surface area contributed by atoms with Crippen LogP contribution < -0.4 is 5.63 Å². The highest BCUT2D eigenvalue weighted by molar-refractivity contribution is 8.01. The number of hydrogen-bond donors (Lipinski definition) is 1. The highest BCUT2D eigenvalue weighted by Gasteiger charge is 2.25. The molecule has 3 aromatic carbocycles. The molecule has 0 amide bonds. The Morgan fingerprint density at radius 2 is 1.71 bits per heavy atom. The van der Waals surface area contributed by atoms with Crippen molar-refractivity contribution in [3.63, 3.8) is 0 Å². The average molecular weight is 516 g/mol. The molecule has 4 nitrogen and oxygen atoms in total. The van der Waals surface area contributed by atoms with E-state index in [4.69, 9.17) is 4.42 Å². The molecule has 0 radical (unpaired) electrons. The summed E-state index contributed by atoms with van der Waals surface area (Å²) in [5.74, 6) is -5.35. The zero-order valence-corrected chi connectivity index (χ0v) is 19.4. The van der Waals surface area contributed by atoms with Crippen LogP contribution in [0.3, 0.4) is 0 Å². The minimum Gasteiger partial charge on any atom is -0.504 e. The number of halogens is 4. The molecule has 0 unspecified atom stereocenters. The van der Waals surface area contributed by atoms with Gasteiger partial charge in [-0.1, -0.05) is 23.9 Å². The third kappa shape index (κ3) is 4.19. The summed E-state index contributed by atoms with van der Waals surface area (Å²) in [5, 5.41) is 10.7. The lowest BCUT2D eigenvalue weighted by atomic mass is 10.0. The van der Waals surface area contributed by atoms with E-state index in [1.54, 1.807) is 30.3 Å². The maximum Gasteiger partial charge on any atom is 0.336 e. The van der Waals surface area contributed by atoms with Crippen molar-refractivity contribution in [1.82, 2.24) is 4.98 Å². The second-order valence-corrected chi connectivity index (χ2v) is 9.88. The number of fused-ring (bicyclic) bond motifs is 1. The van der Waals surface area contributed by atoms with Crippen molar-refractivity contribution in [2.24, 2.45) is 0 Å². The quantitative estimate of drug-likeness (QED) is 0.155. The molecule has 35 heavy (non-hydrogen) atoms. The predicted octanol–water partition coefficient (Wildman–Crippen LogP) is 7.31. The number of thiazole rings is 1. The second-order valence-electron chi connectivity index (χ2n) is 7.53. The first-order valence-corrected chi connectivity index (χ1v) is 11.7. The first kappa shape index (κ1) is 23.1. The van der Waals surface area contributed by atoms with Crippen LogP contribution in [0.25, 0.3) is 32.5 Å². The van der Waals surface area contributed by atoms with Crippen LogP contribution >= 0.6 is 23.1 Å². The predicted molar refractivity (Wildman–Crippen MR) is 126 cm³/mol. The first-order chi connectivity index (χ1) is 16.7. The van der Waals surface area contributed by atoms with Gasteiger partial charge in [-0.05, 0) is 48.4 Å². The summed E-state index contributed by atoms with van der Waals surface area (Å²) in [6, 6.07) is 12.2. The van der Waals surface area contributed by atoms with Gasteiger partial charge < -0.3 is 9.52 Å². The molecule has 5 aromatic rings. The van der Waals surface area contributed by atoms with Crippen molar-refractivity contribution in [2.75, 3.05) is 0 Å². The highest BCUT2D eigenvalue weighted by Crippen LogP contribution is 2.43. The zero-order chi connectivity index (χ0) is 24.9. The summed E-state index contributed by atoms with van der Waals surface area (Å²) in [7, 11) is 0. The van der Waals surface area contributed by atoms with Crippen LogP contribution in [0.5, 0.6) is 5.75 Å². The molecule has 1 N–H and O–H groups in total. The zero-order valence-electron chi connectivity index (χ0n) is 17.7. The fourth-order valence-corrected chi connectivity index (χ4v) is 5.60. The fraction of sp³-hybridized carbons (Fsp3) is 0.0400. The van der Waals surface area contributed by atoms with Crippen molar-refractivity contribution in [3.05, 3.63) is 94.0 Å². The maximum atomic E-state index is 14.4. The molecule has 0 fully saturated rings. The van der Waals surface area contributed by atoms with Gasteiger partial charge in [0, 0.05) is 28.1 Å². The van der Waals surface area contributed by atoms with Gasteiger partial charge in [-0.15, -0.1) is 11.3 Å². The van der Waals surface area contributed by atoms with E-state index in [1.165, 1.54) is 24.4 Å². The third-order valence-corrected chi connectivity index (χ3v) is 7.40. The summed E-state index contributed by atoms with van der Waals surface area (Å²) >= 11 is 2.09. The Labute approximate surface area is 203 Å². The van der Waals surface area contributed by atoms with Gasteiger partial charge in [0.2, 0.25) is 0 Å². The minimum absolute atomic E-state index is 0.0474. The molecule has 0 bridgehead atoms. The van der Waals surface area contributed by atoms with Crippen LogP contribution in [0.1, 0.15) is 5.56 Å². The summed E-state index contributed by atoms with van der Waals surface area (Å²) in [4.78, 5) is 17.0. The Hall–Kier alpha value is -3.63. The van der Waals surface area contributed by atoms with E-state index in [0.29, 0.717) is 31.3 Å². The number of phenols is 1. The molecule has 0 aliphatic carbocycles. The van der Waals surface area contributed by atoms with Gasteiger partial charge in [0.25, 0.3) is 0 Å². The van der Waals surface area contributed by atoms with E-state index < -0.39 is 45.8 Å². The average Bonchev–Trinajstić information content (AvgIpc) is 3.29. The van der Waals surface area contributed by atoms with Crippen molar-refractivity contribution in [1.29, 1.82) is 0 Å². The van der Waals surface area contributed by atoms with Gasteiger partial charge in [-0.2, -0.15) is 0 Å². The number of rotatable bonds is 4. The van der Waals surface area contributed by atoms with E-state index in [0.717, 1.165) is 30.0 Å². The van der Waals surface area contributed by atoms with Gasteiger partial charge in [0.1, 0.15) is 11.4 Å². The minimum atomic E-state index is -1.38. The van der Waals surface area contributed by atoms with Crippen molar-refractivity contribution in [2.45, 2.75) is 16.2 Å². The fourth-order valence-electron chi connectivity index (χ4n) is 3.58. The van der Waals surface area contributed by atoms with Crippen molar-refractivity contribution >= 4 is 34.1 Å². The van der Waals surface area contributed by atoms with E-state index in [2.05, 4.69) is 4.98 Å². The molecule has 176 valence electrons. The van der Waals surface area contributed by atoms with Crippen LogP contribution in [0.15, 0.2) is 73.2 Å². The van der Waals surface area contributed by atoms with Gasteiger partial charge >= 0.3 is 5.63 Å². The Morgan fingerprint density at radius 1 is 0.971 bits per heavy atom. The van der Waals surface area contributed by atoms with Crippen molar-refractivity contribution in [3.8, 4) is 27.3 Å². The molecular formula is C25H13F4NO3S2. The lowest BCUT2D eigenvalue weighted by Crippen LogP contribution is -1.98. The van der Waals surface area contributed by atoms with Gasteiger partial charge in [-0.25, -0.2) is 27.3 Å². The molecule has 0 spiro atoms. The van der Waals surface area contributed by atoms with Gasteiger partial charge in [0.05, 0.1) is 10.4 Å². The van der Waals surface area contributed by atoms with Crippen LogP contribution in [0.2, 0.25) is 0 Å². The number of aromatic nitrogens is 1. The Balaban J connectivity index is 1.50. The molecule has 10 heteroatoms. The molecule has 0 aliphatic rings. The molecule has 0 saturated carbocycles. The Kier molecular flexibility index (Phi) is 5.86. The van der Waals surface area contributed by atoms with Gasteiger partial charge in [0.15, 0.2) is 27.5 Å². The summed E-state index contributed by atoms with van der Waals surface area (Å²) in [6.07, 6.45) is 1.22. The summed E-state index contributed by atoms with van der Waals surface area (Å²) < 4.78 is 61.6. The number of hydrogen-bond acceptors (Lipinski definition) is 6. The molecule has 2 heterocycles. The van der Waals surface area contributed by atoms with E-state index in [1.807, 2.05) is 0 Å². The first-order valence-electron chi connectivity index (χ1n) is 10.1. The molecule has 0 aliphatic heterocycles. The Morgan fingerprint density at radius 3 is 2.46 bits per heavy atom. The number of nitrogens with zero attached hydrogens (tertiary/aromatic N) is 1. The molecule has 0 atom stereocenters. The number of phenolic OH excluding ortho intramolecular Hbond substituents is 1. The molecule has 2 aromatic heterocycles. The topological polar surface area (TPSA) is 63.3 Å². The van der Waals surface area contributed by atoms with E-state index in [-0.39, 0.29) is 4.88 Å². The van der Waals surface area contributed by atoms with E-state index >= 15 is 0 Å². The normalized spacial score (nSPS) is 11.3. The summed E-state index contributed by atoms with van der Waals surface area (Å²) in [6.45, 7) is 1.03. The number of benzene rings is 3. The monoisotopic (exact) mass is 515 g/mol. The van der Waals surface area contributed by atoms with Crippen LogP contribution in [-0.4, -0.2) is 10.1 Å². The van der Waals surface area contributed by atoms with E-state index in [9.17, 15) is 27.5 Å². The SMILES string of the molecule is Cc1c(F)c(O)c(-c2cnc(Sc3ccc4c(-c5ccc(F)cc5)cc(=O)oc4c3)s2)c(F)c1F. The van der Waals surface area contributed by atoms with Crippen molar-refractivity contribution < 1.29 is 27.1 Å². The largest absolute Gasteiger partial charge is 0.504 e. The standard InChI is InChI=1S/C25H13F4NO3S2/c1-11-21(27)23(29)20(24(32)22(11)28)18-10-30-25(35-18)34-14-6-7-15-16(9-19(31)33-17(15)8-14)12-2-4-13(26)5-3-12/h2-10,32H,1H3. The lowest BCUT2D eigenvalue weighted by molar-refractivity contribution is 0.412. The van der Waals surface area contributed by atoms with Gasteiger partial charge in [-0.3, -0.25) is 0 Å². The Bertz CT molecular complexity index is 1630. The lowest BCUT2D eigenvalue weighted by Gasteiger charge is -2.08. The second kappa shape index (κ2) is 8.86. The molecule has 5 rings (SSSR count). The maximum absolute atomic E-state index is 14.4. The third-order valence-electron chi connectivity index (χ3n) is 5.32. The smallest absolute Gasteiger partial charge is 0.336 e.